The van der Waals surface area contributed by atoms with Crippen LogP contribution < -0.4 is 0 Å². The molecule has 0 amide bonds. The highest BCUT2D eigenvalue weighted by Crippen LogP contribution is 2.31. The average molecular weight is 526 g/mol. The molecule has 0 aliphatic rings. The quantitative estimate of drug-likeness (QED) is 0.225. The molecule has 5 nitrogen and oxygen atoms in total. The van der Waals surface area contributed by atoms with Gasteiger partial charge in [0.1, 0.15) is 11.6 Å². The van der Waals surface area contributed by atoms with Crippen LogP contribution >= 0.6 is 11.3 Å². The van der Waals surface area contributed by atoms with E-state index in [1.807, 2.05) is 19.2 Å². The van der Waals surface area contributed by atoms with E-state index in [1.165, 1.54) is 29.4 Å². The van der Waals surface area contributed by atoms with E-state index in [1.54, 1.807) is 13.8 Å². The number of nitrogens with zero attached hydrogens (tertiary/aromatic N) is 1. The molecule has 1 aromatic heterocycles. The summed E-state index contributed by atoms with van der Waals surface area (Å²) >= 11 is 1.51. The predicted molar refractivity (Wildman–Crippen MR) is 149 cm³/mol. The monoisotopic (exact) mass is 525 g/mol. The van der Waals surface area contributed by atoms with Crippen molar-refractivity contribution < 1.29 is 24.2 Å². The highest BCUT2D eigenvalue weighted by atomic mass is 32.1. The summed E-state index contributed by atoms with van der Waals surface area (Å²) in [5, 5.41) is 21.8. The number of carbonyl (C=O) groups is 2. The summed E-state index contributed by atoms with van der Waals surface area (Å²) in [6.45, 7) is 15.4. The topological polar surface area (TPSA) is 87.5 Å². The van der Waals surface area contributed by atoms with E-state index in [2.05, 4.69) is 38.8 Å². The van der Waals surface area contributed by atoms with Crippen LogP contribution in [-0.4, -0.2) is 33.1 Å². The largest absolute Gasteiger partial charge is 0.481 e. The summed E-state index contributed by atoms with van der Waals surface area (Å²) in [6.07, 6.45) is 7.84. The van der Waals surface area contributed by atoms with Gasteiger partial charge in [-0.25, -0.2) is 9.37 Å². The zero-order valence-electron chi connectivity index (χ0n) is 23.6. The number of aryl methyl sites for hydroxylation is 1. The second-order valence-corrected chi connectivity index (χ2v) is 11.6. The first kappa shape index (κ1) is 34.1. The van der Waals surface area contributed by atoms with Crippen molar-refractivity contribution in [2.45, 2.75) is 113 Å². The molecule has 3 unspecified atom stereocenters. The minimum absolute atomic E-state index is 0.0953. The number of aliphatic hydroxyl groups excluding tert-OH is 1. The number of hydrogen-bond donors (Lipinski definition) is 2. The molecule has 7 heteroatoms. The Hall–Kier alpha value is -1.86. The maximum Gasteiger partial charge on any atom is 0.306 e. The molecular weight excluding hydrogens is 477 g/mol. The molecule has 1 aromatic rings. The number of aromatic nitrogens is 1. The lowest BCUT2D eigenvalue weighted by Gasteiger charge is -2.31. The molecule has 0 saturated heterocycles. The summed E-state index contributed by atoms with van der Waals surface area (Å²) in [4.78, 5) is 27.9. The fourth-order valence-electron chi connectivity index (χ4n) is 4.02. The number of thiazole rings is 1. The standard InChI is InChI=1S/C26H40FNO4S.C3H8/c1-17(10-8-12-21(27)14-22-16-33-20(4)28-22)9-7-11-18(2)13-19(3)25(32)26(5,6)23(29)15-24(30)31;1-3-2/h10,14,16,18-19,23,29H,7-9,11-13,15H2,1-6H3,(H,30,31);3H2,1-2H3/b17-10+,21-14-;. The molecular formula is C29H48FNO4S. The molecule has 36 heavy (non-hydrogen) atoms. The zero-order valence-corrected chi connectivity index (χ0v) is 24.4. The minimum atomic E-state index is -1.20. The number of aliphatic carboxylic acids is 1. The fraction of sp³-hybridized carbons (Fsp3) is 0.690. The van der Waals surface area contributed by atoms with E-state index >= 15 is 0 Å². The lowest BCUT2D eigenvalue weighted by atomic mass is 9.74. The number of Topliss-reactive ketones (excluding diaryl/α,β-unsaturated/α-hetero) is 1. The van der Waals surface area contributed by atoms with Crippen molar-refractivity contribution in [2.24, 2.45) is 17.3 Å². The maximum atomic E-state index is 14.0. The molecule has 0 aliphatic heterocycles. The van der Waals surface area contributed by atoms with Gasteiger partial charge in [-0.05, 0) is 51.5 Å². The van der Waals surface area contributed by atoms with E-state index < -0.39 is 23.9 Å². The number of carboxylic acid groups (broad SMARTS) is 1. The Morgan fingerprint density at radius 3 is 2.36 bits per heavy atom. The second-order valence-electron chi connectivity index (χ2n) is 10.5. The highest BCUT2D eigenvalue weighted by molar-refractivity contribution is 7.09. The predicted octanol–water partition coefficient (Wildman–Crippen LogP) is 8.17. The molecule has 0 saturated carbocycles. The molecule has 0 aliphatic carbocycles. The summed E-state index contributed by atoms with van der Waals surface area (Å²) in [7, 11) is 0. The van der Waals surface area contributed by atoms with Gasteiger partial charge in [-0.3, -0.25) is 9.59 Å². The number of carbonyl (C=O) groups excluding carboxylic acids is 1. The molecule has 206 valence electrons. The Balaban J connectivity index is 0.00000387. The Morgan fingerprint density at radius 1 is 1.22 bits per heavy atom. The van der Waals surface area contributed by atoms with Crippen LogP contribution in [-0.2, 0) is 9.59 Å². The Morgan fingerprint density at radius 2 is 1.83 bits per heavy atom. The van der Waals surface area contributed by atoms with E-state index in [-0.39, 0.29) is 17.5 Å². The third-order valence-corrected chi connectivity index (χ3v) is 6.92. The van der Waals surface area contributed by atoms with Crippen LogP contribution in [0.25, 0.3) is 6.08 Å². The van der Waals surface area contributed by atoms with E-state index in [0.29, 0.717) is 30.9 Å². The first-order chi connectivity index (χ1) is 16.7. The average Bonchev–Trinajstić information content (AvgIpc) is 3.17. The third-order valence-electron chi connectivity index (χ3n) is 6.12. The van der Waals surface area contributed by atoms with Crippen LogP contribution in [0.15, 0.2) is 22.9 Å². The number of rotatable bonds is 15. The van der Waals surface area contributed by atoms with Gasteiger partial charge in [0.15, 0.2) is 0 Å². The second kappa shape index (κ2) is 17.6. The van der Waals surface area contributed by atoms with Gasteiger partial charge in [0.2, 0.25) is 0 Å². The van der Waals surface area contributed by atoms with Crippen LogP contribution in [0, 0.1) is 24.2 Å². The van der Waals surface area contributed by atoms with Gasteiger partial charge in [-0.15, -0.1) is 11.3 Å². The first-order valence-corrected chi connectivity index (χ1v) is 14.0. The van der Waals surface area contributed by atoms with Gasteiger partial charge in [0.25, 0.3) is 0 Å². The third kappa shape index (κ3) is 14.0. The summed E-state index contributed by atoms with van der Waals surface area (Å²) in [5.74, 6) is -1.27. The van der Waals surface area contributed by atoms with Gasteiger partial charge in [-0.2, -0.15) is 0 Å². The van der Waals surface area contributed by atoms with Gasteiger partial charge in [0.05, 0.1) is 28.6 Å². The number of allylic oxidation sites excluding steroid dienone is 3. The van der Waals surface area contributed by atoms with Gasteiger partial charge < -0.3 is 10.2 Å². The van der Waals surface area contributed by atoms with Crippen molar-refractivity contribution in [2.75, 3.05) is 0 Å². The maximum absolute atomic E-state index is 14.0. The summed E-state index contributed by atoms with van der Waals surface area (Å²) in [6, 6.07) is 0. The highest BCUT2D eigenvalue weighted by Gasteiger charge is 2.39. The smallest absolute Gasteiger partial charge is 0.306 e. The Kier molecular flexibility index (Phi) is 16.7. The normalized spacial score (nSPS) is 15.1. The first-order valence-electron chi connectivity index (χ1n) is 13.1. The van der Waals surface area contributed by atoms with Crippen LogP contribution in [0.4, 0.5) is 4.39 Å². The molecule has 0 bridgehead atoms. The number of halogens is 1. The molecule has 0 spiro atoms. The van der Waals surface area contributed by atoms with Crippen molar-refractivity contribution in [3.05, 3.63) is 33.6 Å². The van der Waals surface area contributed by atoms with Crippen LogP contribution in [0.1, 0.15) is 111 Å². The van der Waals surface area contributed by atoms with Crippen molar-refractivity contribution in [1.82, 2.24) is 4.98 Å². The fourth-order valence-corrected chi connectivity index (χ4v) is 4.59. The Bertz CT molecular complexity index is 859. The summed E-state index contributed by atoms with van der Waals surface area (Å²) < 4.78 is 14.0. The SMILES string of the molecule is C/C(=C\CC/C(F)=C/c1csc(C)n1)CCCC(C)CC(C)C(=O)C(C)(C)C(O)CC(=O)O.CCC. The molecule has 0 radical (unpaired) electrons. The van der Waals surface area contributed by atoms with Crippen LogP contribution in [0.2, 0.25) is 0 Å². The summed E-state index contributed by atoms with van der Waals surface area (Å²) in [5.41, 5.74) is 0.831. The number of aliphatic hydroxyl groups is 1. The molecule has 1 heterocycles. The number of carboxylic acids is 1. The van der Waals surface area contributed by atoms with E-state index in [9.17, 15) is 19.1 Å². The minimum Gasteiger partial charge on any atom is -0.481 e. The van der Waals surface area contributed by atoms with Crippen molar-refractivity contribution in [3.8, 4) is 0 Å². The van der Waals surface area contributed by atoms with Gasteiger partial charge >= 0.3 is 5.97 Å². The Labute approximate surface area is 221 Å². The van der Waals surface area contributed by atoms with Crippen LogP contribution in [0.3, 0.4) is 0 Å². The van der Waals surface area contributed by atoms with E-state index in [4.69, 9.17) is 5.11 Å². The molecule has 0 aromatic carbocycles. The van der Waals surface area contributed by atoms with Gasteiger partial charge in [-0.1, -0.05) is 66.0 Å². The number of ketones is 1. The van der Waals surface area contributed by atoms with Crippen molar-refractivity contribution >= 4 is 29.2 Å². The number of hydrogen-bond acceptors (Lipinski definition) is 5. The lowest BCUT2D eigenvalue weighted by molar-refractivity contribution is -0.145. The molecule has 1 rings (SSSR count). The molecule has 0 fully saturated rings. The van der Waals surface area contributed by atoms with Gasteiger partial charge in [0, 0.05) is 17.7 Å². The lowest BCUT2D eigenvalue weighted by Crippen LogP contribution is -2.41. The van der Waals surface area contributed by atoms with Crippen molar-refractivity contribution in [3.63, 3.8) is 0 Å². The van der Waals surface area contributed by atoms with Crippen LogP contribution in [0.5, 0.6) is 0 Å². The zero-order chi connectivity index (χ0) is 27.9. The molecule has 2 N–H and O–H groups in total. The molecule has 3 atom stereocenters. The van der Waals surface area contributed by atoms with E-state index in [0.717, 1.165) is 24.3 Å². The van der Waals surface area contributed by atoms with Crippen molar-refractivity contribution in [1.29, 1.82) is 0 Å².